The van der Waals surface area contributed by atoms with E-state index in [-0.39, 0.29) is 23.1 Å². The second kappa shape index (κ2) is 10.0. The number of carboxylic acids is 1. The number of H-pyrrole nitrogens is 1. The van der Waals surface area contributed by atoms with Crippen molar-refractivity contribution in [3.8, 4) is 23.0 Å². The van der Waals surface area contributed by atoms with Crippen LogP contribution < -0.4 is 5.32 Å². The van der Waals surface area contributed by atoms with Gasteiger partial charge in [-0.2, -0.15) is 0 Å². The van der Waals surface area contributed by atoms with Gasteiger partial charge >= 0.3 is 5.97 Å². The van der Waals surface area contributed by atoms with E-state index in [0.29, 0.717) is 30.5 Å². The van der Waals surface area contributed by atoms with Crippen LogP contribution in [-0.4, -0.2) is 42.0 Å². The lowest BCUT2D eigenvalue weighted by molar-refractivity contribution is 0.0697. The molecule has 36 heavy (non-hydrogen) atoms. The molecule has 0 unspecified atom stereocenters. The van der Waals surface area contributed by atoms with Crippen LogP contribution in [0.5, 0.6) is 0 Å². The van der Waals surface area contributed by atoms with Crippen LogP contribution in [0.1, 0.15) is 39.9 Å². The van der Waals surface area contributed by atoms with E-state index in [1.165, 1.54) is 0 Å². The first kappa shape index (κ1) is 23.9. The van der Waals surface area contributed by atoms with E-state index in [4.69, 9.17) is 0 Å². The van der Waals surface area contributed by atoms with Gasteiger partial charge < -0.3 is 15.4 Å². The molecule has 0 radical (unpaired) electrons. The minimum absolute atomic E-state index is 0.213. The van der Waals surface area contributed by atoms with Crippen molar-refractivity contribution in [1.29, 1.82) is 0 Å². The average molecular weight is 499 g/mol. The predicted octanol–water partition coefficient (Wildman–Crippen LogP) is 4.60. The van der Waals surface area contributed by atoms with Gasteiger partial charge in [0, 0.05) is 41.0 Å². The molecule has 6 nitrogen and oxygen atoms in total. The summed E-state index contributed by atoms with van der Waals surface area (Å²) in [6, 6.07) is 21.1. The molecule has 3 aromatic carbocycles. The zero-order chi connectivity index (χ0) is 25.1. The number of benzene rings is 3. The number of sulfone groups is 1. The van der Waals surface area contributed by atoms with Crippen molar-refractivity contribution in [1.82, 2.24) is 10.3 Å². The fraction of sp³-hybridized carbons (Fsp3) is 0.207. The van der Waals surface area contributed by atoms with E-state index in [1.54, 1.807) is 12.1 Å². The van der Waals surface area contributed by atoms with E-state index in [2.05, 4.69) is 22.1 Å². The monoisotopic (exact) mass is 498 g/mol. The van der Waals surface area contributed by atoms with Gasteiger partial charge in [0.15, 0.2) is 0 Å². The molecule has 0 spiro atoms. The van der Waals surface area contributed by atoms with Crippen molar-refractivity contribution in [2.75, 3.05) is 11.5 Å². The van der Waals surface area contributed by atoms with E-state index in [0.717, 1.165) is 27.6 Å². The van der Waals surface area contributed by atoms with Crippen molar-refractivity contribution < 1.29 is 18.3 Å². The third-order valence-corrected chi connectivity index (χ3v) is 8.30. The van der Waals surface area contributed by atoms with Crippen molar-refractivity contribution in [3.05, 3.63) is 95.2 Å². The first-order valence-electron chi connectivity index (χ1n) is 11.9. The van der Waals surface area contributed by atoms with E-state index >= 15 is 0 Å². The summed E-state index contributed by atoms with van der Waals surface area (Å²) in [5.74, 6) is 5.87. The third kappa shape index (κ3) is 5.35. The number of nitrogens with one attached hydrogen (secondary N) is 2. The number of rotatable bonds is 5. The number of hydrogen-bond donors (Lipinski definition) is 3. The van der Waals surface area contributed by atoms with Gasteiger partial charge in [-0.25, -0.2) is 13.2 Å². The first-order valence-corrected chi connectivity index (χ1v) is 13.7. The Bertz CT molecular complexity index is 1580. The average Bonchev–Trinajstić information content (AvgIpc) is 3.35. The molecule has 0 bridgehead atoms. The number of fused-ring (bicyclic) bond motifs is 1. The highest BCUT2D eigenvalue weighted by atomic mass is 32.2. The molecule has 4 aromatic rings. The zero-order valence-electron chi connectivity index (χ0n) is 19.6. The molecule has 3 N–H and O–H groups in total. The van der Waals surface area contributed by atoms with Gasteiger partial charge in [-0.1, -0.05) is 42.2 Å². The highest BCUT2D eigenvalue weighted by molar-refractivity contribution is 7.91. The Morgan fingerprint density at radius 2 is 1.78 bits per heavy atom. The van der Waals surface area contributed by atoms with Crippen molar-refractivity contribution in [3.63, 3.8) is 0 Å². The fourth-order valence-electron chi connectivity index (χ4n) is 4.55. The summed E-state index contributed by atoms with van der Waals surface area (Å²) in [6.45, 7) is 0.671. The maximum Gasteiger partial charge on any atom is 0.336 e. The Balaban J connectivity index is 1.35. The Labute approximate surface area is 210 Å². The highest BCUT2D eigenvalue weighted by Crippen LogP contribution is 2.30. The van der Waals surface area contributed by atoms with Gasteiger partial charge in [0.05, 0.1) is 17.1 Å². The fourth-order valence-corrected chi connectivity index (χ4v) is 6.04. The van der Waals surface area contributed by atoms with Crippen LogP contribution in [-0.2, 0) is 16.4 Å². The summed E-state index contributed by atoms with van der Waals surface area (Å²) >= 11 is 0. The van der Waals surface area contributed by atoms with Crippen LogP contribution in [0.25, 0.3) is 22.0 Å². The molecule has 1 aliphatic rings. The molecule has 1 fully saturated rings. The van der Waals surface area contributed by atoms with Gasteiger partial charge in [-0.3, -0.25) is 0 Å². The topological polar surface area (TPSA) is 99.3 Å². The standard InChI is InChI=1S/C29H26N2O4S/c32-29(33)26-3-1-2-23(28(26)24-11-10-22-12-15-30-27(22)18-24)9-8-20-4-6-21(7-5-20)19-31-25-13-16-36(34,35)17-14-25/h1-7,10-12,15,18,25,30-31H,13-14,16-17,19H2,(H,32,33). The molecule has 2 heterocycles. The largest absolute Gasteiger partial charge is 0.478 e. The van der Waals surface area contributed by atoms with Gasteiger partial charge in [-0.15, -0.1) is 0 Å². The summed E-state index contributed by atoms with van der Waals surface area (Å²) in [4.78, 5) is 15.2. The number of aromatic carboxylic acids is 1. The van der Waals surface area contributed by atoms with Crippen LogP contribution >= 0.6 is 0 Å². The van der Waals surface area contributed by atoms with E-state index in [1.807, 2.05) is 60.8 Å². The third-order valence-electron chi connectivity index (χ3n) is 6.58. The predicted molar refractivity (Wildman–Crippen MR) is 142 cm³/mol. The van der Waals surface area contributed by atoms with Gasteiger partial charge in [-0.05, 0) is 65.8 Å². The Kier molecular flexibility index (Phi) is 6.64. The van der Waals surface area contributed by atoms with Crippen molar-refractivity contribution in [2.24, 2.45) is 0 Å². The Hall–Kier alpha value is -3.86. The molecule has 5 rings (SSSR count). The zero-order valence-corrected chi connectivity index (χ0v) is 20.4. The highest BCUT2D eigenvalue weighted by Gasteiger charge is 2.23. The molecular weight excluding hydrogens is 472 g/mol. The summed E-state index contributed by atoms with van der Waals surface area (Å²) in [5.41, 5.74) is 5.12. The number of aromatic nitrogens is 1. The number of hydrogen-bond acceptors (Lipinski definition) is 4. The van der Waals surface area contributed by atoms with Crippen LogP contribution in [0.4, 0.5) is 0 Å². The molecule has 0 atom stereocenters. The Morgan fingerprint density at radius 3 is 2.53 bits per heavy atom. The lowest BCUT2D eigenvalue weighted by Gasteiger charge is -2.23. The molecule has 182 valence electrons. The molecule has 7 heteroatoms. The minimum atomic E-state index is -2.86. The smallest absolute Gasteiger partial charge is 0.336 e. The number of aromatic amines is 1. The minimum Gasteiger partial charge on any atom is -0.478 e. The lowest BCUT2D eigenvalue weighted by atomic mass is 9.93. The van der Waals surface area contributed by atoms with Crippen LogP contribution in [0.2, 0.25) is 0 Å². The molecule has 0 saturated carbocycles. The molecule has 1 aliphatic heterocycles. The van der Waals surface area contributed by atoms with Crippen molar-refractivity contribution >= 4 is 26.7 Å². The van der Waals surface area contributed by atoms with Gasteiger partial charge in [0.2, 0.25) is 0 Å². The number of carboxylic acid groups (broad SMARTS) is 1. The van der Waals surface area contributed by atoms with E-state index < -0.39 is 15.8 Å². The summed E-state index contributed by atoms with van der Waals surface area (Å²) in [6.07, 6.45) is 3.16. The van der Waals surface area contributed by atoms with Gasteiger partial charge in [0.25, 0.3) is 0 Å². The maximum absolute atomic E-state index is 12.0. The lowest BCUT2D eigenvalue weighted by Crippen LogP contribution is -2.37. The first-order chi connectivity index (χ1) is 17.4. The molecular formula is C29H26N2O4S. The molecule has 1 saturated heterocycles. The summed E-state index contributed by atoms with van der Waals surface area (Å²) in [7, 11) is -2.86. The number of carbonyl (C=O) groups is 1. The normalized spacial score (nSPS) is 15.3. The molecule has 0 aliphatic carbocycles. The SMILES string of the molecule is O=C(O)c1cccc(C#Cc2ccc(CNC3CCS(=O)(=O)CC3)cc2)c1-c1ccc2cc[nH]c2c1. The van der Waals surface area contributed by atoms with E-state index in [9.17, 15) is 18.3 Å². The molecule has 1 aromatic heterocycles. The quantitative estimate of drug-likeness (QED) is 0.349. The summed E-state index contributed by atoms with van der Waals surface area (Å²) < 4.78 is 23.2. The van der Waals surface area contributed by atoms with Crippen LogP contribution in [0.3, 0.4) is 0 Å². The van der Waals surface area contributed by atoms with Crippen LogP contribution in [0, 0.1) is 11.8 Å². The van der Waals surface area contributed by atoms with Gasteiger partial charge in [0.1, 0.15) is 9.84 Å². The summed E-state index contributed by atoms with van der Waals surface area (Å²) in [5, 5.41) is 14.3. The molecule has 0 amide bonds. The van der Waals surface area contributed by atoms with Crippen molar-refractivity contribution in [2.45, 2.75) is 25.4 Å². The Morgan fingerprint density at radius 1 is 1.00 bits per heavy atom. The second-order valence-corrected chi connectivity index (χ2v) is 11.4. The second-order valence-electron chi connectivity index (χ2n) is 9.07. The maximum atomic E-state index is 12.0. The van der Waals surface area contributed by atoms with Crippen LogP contribution in [0.15, 0.2) is 72.9 Å².